The van der Waals surface area contributed by atoms with Gasteiger partial charge in [-0.2, -0.15) is 0 Å². The van der Waals surface area contributed by atoms with E-state index in [0.29, 0.717) is 5.92 Å². The molecule has 0 spiro atoms. The Morgan fingerprint density at radius 3 is 2.30 bits per heavy atom. The molecule has 0 N–H and O–H groups in total. The maximum atomic E-state index is 14.1. The first-order chi connectivity index (χ1) is 15.8. The van der Waals surface area contributed by atoms with Crippen LogP contribution >= 0.6 is 0 Å². The molecule has 33 heavy (non-hydrogen) atoms. The number of nitrogens with zero attached hydrogens (tertiary/aromatic N) is 3. The van der Waals surface area contributed by atoms with E-state index in [1.54, 1.807) is 4.57 Å². The van der Waals surface area contributed by atoms with Gasteiger partial charge >= 0.3 is 11.4 Å². The smallest absolute Gasteiger partial charge is 0.246 e. The van der Waals surface area contributed by atoms with Crippen molar-refractivity contribution in [2.45, 2.75) is 76.4 Å². The number of hydrogen-bond acceptors (Lipinski definition) is 2. The van der Waals surface area contributed by atoms with E-state index < -0.39 is 0 Å². The summed E-state index contributed by atoms with van der Waals surface area (Å²) < 4.78 is 5.38. The Morgan fingerprint density at radius 1 is 0.909 bits per heavy atom. The van der Waals surface area contributed by atoms with E-state index in [4.69, 9.17) is 0 Å². The molecule has 7 unspecified atom stereocenters. The summed E-state index contributed by atoms with van der Waals surface area (Å²) in [7, 11) is 0. The minimum Gasteiger partial charge on any atom is -0.246 e. The zero-order chi connectivity index (χ0) is 22.5. The highest BCUT2D eigenvalue weighted by Crippen LogP contribution is 2.72. The van der Waals surface area contributed by atoms with Gasteiger partial charge in [0.05, 0.1) is 17.5 Å². The Bertz CT molecular complexity index is 1440. The van der Waals surface area contributed by atoms with E-state index in [9.17, 15) is 9.59 Å². The largest absolute Gasteiger partial charge is 0.348 e. The van der Waals surface area contributed by atoms with Crippen LogP contribution in [0.25, 0.3) is 0 Å². The predicted molar refractivity (Wildman–Crippen MR) is 126 cm³/mol. The Labute approximate surface area is 193 Å². The summed E-state index contributed by atoms with van der Waals surface area (Å²) in [6.07, 6.45) is 14.4. The second-order valence-corrected chi connectivity index (χ2v) is 12.4. The molecule has 4 bridgehead atoms. The monoisotopic (exact) mass is 441 g/mol. The van der Waals surface area contributed by atoms with Gasteiger partial charge in [-0.1, -0.05) is 69.3 Å². The van der Waals surface area contributed by atoms with Gasteiger partial charge in [0.15, 0.2) is 0 Å². The average molecular weight is 442 g/mol. The van der Waals surface area contributed by atoms with Crippen molar-refractivity contribution < 1.29 is 0 Å². The lowest BCUT2D eigenvalue weighted by molar-refractivity contribution is -0.00716. The number of aromatic nitrogens is 3. The first-order valence-electron chi connectivity index (χ1n) is 12.7. The highest BCUT2D eigenvalue weighted by Gasteiger charge is 2.70. The summed E-state index contributed by atoms with van der Waals surface area (Å²) in [4.78, 5) is 28.2. The fraction of sp³-hybridized carbons (Fsp3) is 0.571. The standard InChI is InChI=1S/C28H31N3O2/c1-25(2)18-11-12-26(25,3)22(16-18)29-23(32)30-20-8-9-21(31(30)24(29)33)28-15-14-27(20,28)13-10-17-6-4-5-7-19(17)28/h4-9,14-15,18,20-22H,10-13,16H2,1-3H3. The predicted octanol–water partition coefficient (Wildman–Crippen LogP) is 4.30. The summed E-state index contributed by atoms with van der Waals surface area (Å²) in [6, 6.07) is 8.50. The van der Waals surface area contributed by atoms with Crippen LogP contribution in [0.3, 0.4) is 0 Å². The highest BCUT2D eigenvalue weighted by molar-refractivity contribution is 5.57. The molecular formula is C28H31N3O2. The Morgan fingerprint density at radius 2 is 1.64 bits per heavy atom. The first kappa shape index (κ1) is 18.8. The van der Waals surface area contributed by atoms with Crippen LogP contribution in [0.2, 0.25) is 0 Å². The van der Waals surface area contributed by atoms with Crippen LogP contribution in [0.5, 0.6) is 0 Å². The molecule has 9 rings (SSSR count). The van der Waals surface area contributed by atoms with Crippen LogP contribution < -0.4 is 11.4 Å². The number of hydrogen-bond donors (Lipinski definition) is 0. The molecule has 5 aliphatic carbocycles. The van der Waals surface area contributed by atoms with E-state index in [1.165, 1.54) is 17.5 Å². The van der Waals surface area contributed by atoms with Crippen molar-refractivity contribution in [3.8, 4) is 0 Å². The normalized spacial score (nSPS) is 44.2. The maximum Gasteiger partial charge on any atom is 0.348 e. The molecule has 5 nitrogen and oxygen atoms in total. The van der Waals surface area contributed by atoms with Gasteiger partial charge in [-0.25, -0.2) is 23.5 Å². The lowest BCUT2D eigenvalue weighted by Crippen LogP contribution is -2.67. The summed E-state index contributed by atoms with van der Waals surface area (Å²) in [6.45, 7) is 7.02. The van der Waals surface area contributed by atoms with Crippen LogP contribution in [0.1, 0.15) is 75.7 Å². The molecular weight excluding hydrogens is 410 g/mol. The lowest BCUT2D eigenvalue weighted by atomic mass is 9.40. The van der Waals surface area contributed by atoms with Crippen LogP contribution in [0, 0.1) is 22.2 Å². The van der Waals surface area contributed by atoms with E-state index in [-0.39, 0.29) is 51.2 Å². The van der Waals surface area contributed by atoms with Crippen molar-refractivity contribution in [1.29, 1.82) is 0 Å². The molecule has 1 aromatic heterocycles. The molecule has 2 fully saturated rings. The second kappa shape index (κ2) is 5.24. The zero-order valence-electron chi connectivity index (χ0n) is 19.6. The summed E-state index contributed by atoms with van der Waals surface area (Å²) in [5.41, 5.74) is 2.36. The Kier molecular flexibility index (Phi) is 2.99. The molecule has 0 amide bonds. The molecule has 2 saturated carbocycles. The van der Waals surface area contributed by atoms with Crippen molar-refractivity contribution in [3.63, 3.8) is 0 Å². The molecule has 0 saturated heterocycles. The summed E-state index contributed by atoms with van der Waals surface area (Å²) in [5, 5.41) is 0. The average Bonchev–Trinajstić information content (AvgIpc) is 3.26. The number of allylic oxidation sites excluding steroid dienone is 4. The third-order valence-electron chi connectivity index (χ3n) is 11.8. The Hall–Kier alpha value is -2.56. The summed E-state index contributed by atoms with van der Waals surface area (Å²) >= 11 is 0. The molecule has 7 aliphatic rings. The van der Waals surface area contributed by atoms with Crippen molar-refractivity contribution in [2.75, 3.05) is 0 Å². The van der Waals surface area contributed by atoms with Crippen molar-refractivity contribution >= 4 is 0 Å². The van der Waals surface area contributed by atoms with Crippen molar-refractivity contribution in [3.05, 3.63) is 80.7 Å². The van der Waals surface area contributed by atoms with Gasteiger partial charge < -0.3 is 0 Å². The third-order valence-corrected chi connectivity index (χ3v) is 11.8. The number of benzene rings is 1. The van der Waals surface area contributed by atoms with E-state index in [0.717, 1.165) is 25.7 Å². The zero-order valence-corrected chi connectivity index (χ0v) is 19.6. The van der Waals surface area contributed by atoms with Gasteiger partial charge in [-0.15, -0.1) is 0 Å². The topological polar surface area (TPSA) is 48.9 Å². The van der Waals surface area contributed by atoms with Gasteiger partial charge in [0, 0.05) is 11.5 Å². The van der Waals surface area contributed by atoms with Crippen LogP contribution in [0.15, 0.2) is 58.2 Å². The van der Waals surface area contributed by atoms with Crippen LogP contribution in [-0.4, -0.2) is 13.9 Å². The maximum absolute atomic E-state index is 14.1. The molecule has 1 aromatic carbocycles. The minimum atomic E-state index is -0.221. The molecule has 170 valence electrons. The fourth-order valence-electron chi connectivity index (χ4n) is 9.53. The lowest BCUT2D eigenvalue weighted by Gasteiger charge is -2.67. The molecule has 5 heteroatoms. The number of rotatable bonds is 1. The van der Waals surface area contributed by atoms with Gasteiger partial charge in [0.2, 0.25) is 0 Å². The molecule has 2 aliphatic heterocycles. The van der Waals surface area contributed by atoms with Gasteiger partial charge in [0.1, 0.15) is 0 Å². The van der Waals surface area contributed by atoms with E-state index in [2.05, 4.69) is 69.3 Å². The fourth-order valence-corrected chi connectivity index (χ4v) is 9.53. The van der Waals surface area contributed by atoms with Gasteiger partial charge in [-0.05, 0) is 60.0 Å². The molecule has 2 aromatic rings. The van der Waals surface area contributed by atoms with E-state index >= 15 is 0 Å². The number of fused-ring (bicyclic) bond motifs is 3. The highest BCUT2D eigenvalue weighted by atomic mass is 16.2. The number of aryl methyl sites for hydroxylation is 1. The van der Waals surface area contributed by atoms with Crippen molar-refractivity contribution in [2.24, 2.45) is 22.2 Å². The Balaban J connectivity index is 1.38. The molecule has 7 atom stereocenters. The van der Waals surface area contributed by atoms with Crippen molar-refractivity contribution in [1.82, 2.24) is 13.9 Å². The minimum absolute atomic E-state index is 0.00817. The third kappa shape index (κ3) is 1.63. The van der Waals surface area contributed by atoms with Crippen LogP contribution in [0.4, 0.5) is 0 Å². The molecule has 0 radical (unpaired) electrons. The summed E-state index contributed by atoms with van der Waals surface area (Å²) in [5.74, 6) is 0.583. The second-order valence-electron chi connectivity index (χ2n) is 12.4. The quantitative estimate of drug-likeness (QED) is 0.620. The van der Waals surface area contributed by atoms with Gasteiger partial charge in [-0.3, -0.25) is 0 Å². The first-order valence-corrected chi connectivity index (χ1v) is 12.7. The van der Waals surface area contributed by atoms with Gasteiger partial charge in [0.25, 0.3) is 0 Å². The van der Waals surface area contributed by atoms with Crippen LogP contribution in [-0.2, 0) is 11.8 Å². The SMILES string of the molecule is CC1(C)C2CCC1(C)C(n1c(=O)n3n(c1=O)C1C=CC3C34C=CC13c1ccccc1CC4)C2. The molecule has 3 heterocycles. The van der Waals surface area contributed by atoms with E-state index in [1.807, 2.05) is 9.36 Å².